The molecule has 0 bridgehead atoms. The molecule has 6 heteroatoms. The number of nitrogens with one attached hydrogen (secondary N) is 1. The van der Waals surface area contributed by atoms with Gasteiger partial charge in [0.15, 0.2) is 0 Å². The Morgan fingerprint density at radius 3 is 2.74 bits per heavy atom. The molecule has 0 aromatic carbocycles. The van der Waals surface area contributed by atoms with Gasteiger partial charge in [-0.15, -0.1) is 0 Å². The largest absolute Gasteiger partial charge is 0.384 e. The predicted molar refractivity (Wildman–Crippen MR) is 75.0 cm³/mol. The Hall–Kier alpha value is -1.85. The average molecular weight is 264 g/mol. The van der Waals surface area contributed by atoms with E-state index in [1.54, 1.807) is 0 Å². The molecule has 0 atom stereocenters. The van der Waals surface area contributed by atoms with Gasteiger partial charge in [0, 0.05) is 12.6 Å². The van der Waals surface area contributed by atoms with Gasteiger partial charge in [0.05, 0.1) is 4.92 Å². The molecule has 0 spiro atoms. The van der Waals surface area contributed by atoms with Gasteiger partial charge in [-0.05, 0) is 24.3 Å². The SMILES string of the molecule is CC1(CNc2nc(N)ccc2[N+](=O)[O-])CCCCC1. The van der Waals surface area contributed by atoms with Crippen molar-refractivity contribution in [1.82, 2.24) is 4.98 Å². The van der Waals surface area contributed by atoms with Gasteiger partial charge in [-0.1, -0.05) is 26.2 Å². The van der Waals surface area contributed by atoms with Crippen molar-refractivity contribution in [3.63, 3.8) is 0 Å². The third kappa shape index (κ3) is 3.33. The molecule has 0 amide bonds. The minimum Gasteiger partial charge on any atom is -0.384 e. The van der Waals surface area contributed by atoms with E-state index in [1.807, 2.05) is 0 Å². The Labute approximate surface area is 112 Å². The Bertz CT molecular complexity index is 470. The number of hydrogen-bond donors (Lipinski definition) is 2. The van der Waals surface area contributed by atoms with E-state index in [0.717, 1.165) is 12.8 Å². The van der Waals surface area contributed by atoms with Gasteiger partial charge in [0.2, 0.25) is 5.82 Å². The number of nitro groups is 1. The van der Waals surface area contributed by atoms with Crippen LogP contribution in [0.1, 0.15) is 39.0 Å². The molecule has 2 rings (SSSR count). The van der Waals surface area contributed by atoms with Gasteiger partial charge in [-0.3, -0.25) is 10.1 Å². The Morgan fingerprint density at radius 2 is 2.11 bits per heavy atom. The fourth-order valence-corrected chi connectivity index (χ4v) is 2.62. The van der Waals surface area contributed by atoms with Gasteiger partial charge in [0.25, 0.3) is 0 Å². The lowest BCUT2D eigenvalue weighted by Crippen LogP contribution is -2.29. The van der Waals surface area contributed by atoms with Crippen LogP contribution in [0.5, 0.6) is 0 Å². The van der Waals surface area contributed by atoms with Crippen LogP contribution >= 0.6 is 0 Å². The van der Waals surface area contributed by atoms with Gasteiger partial charge in [0.1, 0.15) is 5.82 Å². The van der Waals surface area contributed by atoms with E-state index in [4.69, 9.17) is 5.73 Å². The molecule has 1 heterocycles. The maximum atomic E-state index is 10.9. The van der Waals surface area contributed by atoms with Crippen LogP contribution in [0.2, 0.25) is 0 Å². The van der Waals surface area contributed by atoms with Crippen LogP contribution in [-0.4, -0.2) is 16.5 Å². The zero-order valence-electron chi connectivity index (χ0n) is 11.2. The van der Waals surface area contributed by atoms with Crippen LogP contribution < -0.4 is 11.1 Å². The lowest BCUT2D eigenvalue weighted by atomic mass is 9.76. The zero-order chi connectivity index (χ0) is 13.9. The van der Waals surface area contributed by atoms with Crippen LogP contribution in [0.4, 0.5) is 17.3 Å². The van der Waals surface area contributed by atoms with E-state index in [2.05, 4.69) is 17.2 Å². The number of nitrogens with zero attached hydrogens (tertiary/aromatic N) is 2. The zero-order valence-corrected chi connectivity index (χ0v) is 11.2. The lowest BCUT2D eigenvalue weighted by molar-refractivity contribution is -0.384. The van der Waals surface area contributed by atoms with Gasteiger partial charge in [-0.25, -0.2) is 4.98 Å². The molecule has 1 aliphatic rings. The lowest BCUT2D eigenvalue weighted by Gasteiger charge is -2.33. The molecule has 0 saturated heterocycles. The summed E-state index contributed by atoms with van der Waals surface area (Å²) >= 11 is 0. The Kier molecular flexibility index (Phi) is 3.87. The van der Waals surface area contributed by atoms with Crippen molar-refractivity contribution in [2.24, 2.45) is 5.41 Å². The molecule has 1 saturated carbocycles. The van der Waals surface area contributed by atoms with Crippen molar-refractivity contribution in [3.05, 3.63) is 22.2 Å². The molecule has 0 unspecified atom stereocenters. The summed E-state index contributed by atoms with van der Waals surface area (Å²) in [7, 11) is 0. The van der Waals surface area contributed by atoms with E-state index in [-0.39, 0.29) is 16.9 Å². The number of anilines is 2. The van der Waals surface area contributed by atoms with E-state index >= 15 is 0 Å². The van der Waals surface area contributed by atoms with Crippen molar-refractivity contribution in [2.45, 2.75) is 39.0 Å². The fourth-order valence-electron chi connectivity index (χ4n) is 2.62. The standard InChI is InChI=1S/C13H20N4O2/c1-13(7-3-2-4-8-13)9-15-12-10(17(18)19)5-6-11(14)16-12/h5-6H,2-4,7-9H2,1H3,(H3,14,15,16). The summed E-state index contributed by atoms with van der Waals surface area (Å²) in [5, 5.41) is 14.1. The summed E-state index contributed by atoms with van der Waals surface area (Å²) in [5.74, 6) is 0.568. The Morgan fingerprint density at radius 1 is 1.42 bits per heavy atom. The summed E-state index contributed by atoms with van der Waals surface area (Å²) in [4.78, 5) is 14.6. The van der Waals surface area contributed by atoms with Crippen LogP contribution in [0, 0.1) is 15.5 Å². The number of nitrogen functional groups attached to an aromatic ring is 1. The summed E-state index contributed by atoms with van der Waals surface area (Å²) in [5.41, 5.74) is 5.77. The third-order valence-electron chi connectivity index (χ3n) is 3.84. The average Bonchev–Trinajstić information content (AvgIpc) is 2.37. The van der Waals surface area contributed by atoms with Gasteiger partial charge in [-0.2, -0.15) is 0 Å². The van der Waals surface area contributed by atoms with Crippen LogP contribution in [0.25, 0.3) is 0 Å². The quantitative estimate of drug-likeness (QED) is 0.644. The van der Waals surface area contributed by atoms with Crippen molar-refractivity contribution < 1.29 is 4.92 Å². The summed E-state index contributed by atoms with van der Waals surface area (Å²) in [6.45, 7) is 2.92. The maximum absolute atomic E-state index is 10.9. The first kappa shape index (κ1) is 13.6. The van der Waals surface area contributed by atoms with E-state index < -0.39 is 4.92 Å². The first-order chi connectivity index (χ1) is 9.00. The monoisotopic (exact) mass is 264 g/mol. The second kappa shape index (κ2) is 5.42. The minimum atomic E-state index is -0.433. The fraction of sp³-hybridized carbons (Fsp3) is 0.615. The predicted octanol–water partition coefficient (Wildman–Crippen LogP) is 2.95. The van der Waals surface area contributed by atoms with Crippen LogP contribution in [0.15, 0.2) is 12.1 Å². The highest BCUT2D eigenvalue weighted by atomic mass is 16.6. The molecule has 0 radical (unpaired) electrons. The third-order valence-corrected chi connectivity index (χ3v) is 3.84. The molecule has 1 aromatic heterocycles. The first-order valence-electron chi connectivity index (χ1n) is 6.65. The summed E-state index contributed by atoms with van der Waals surface area (Å²) in [6.07, 6.45) is 6.04. The van der Waals surface area contributed by atoms with Crippen molar-refractivity contribution >= 4 is 17.3 Å². The number of nitrogens with two attached hydrogens (primary N) is 1. The van der Waals surface area contributed by atoms with Crippen molar-refractivity contribution in [2.75, 3.05) is 17.6 Å². The number of aromatic nitrogens is 1. The highest BCUT2D eigenvalue weighted by Gasteiger charge is 2.27. The highest BCUT2D eigenvalue weighted by molar-refractivity contribution is 5.59. The van der Waals surface area contributed by atoms with Crippen LogP contribution in [0.3, 0.4) is 0 Å². The van der Waals surface area contributed by atoms with E-state index in [1.165, 1.54) is 31.4 Å². The second-order valence-corrected chi connectivity index (χ2v) is 5.59. The Balaban J connectivity index is 2.10. The number of hydrogen-bond acceptors (Lipinski definition) is 5. The summed E-state index contributed by atoms with van der Waals surface area (Å²) in [6, 6.07) is 2.85. The number of rotatable bonds is 4. The van der Waals surface area contributed by atoms with Gasteiger partial charge >= 0.3 is 5.69 Å². The normalized spacial score (nSPS) is 17.9. The molecule has 3 N–H and O–H groups in total. The number of pyridine rings is 1. The second-order valence-electron chi connectivity index (χ2n) is 5.59. The molecule has 1 aromatic rings. The molecule has 104 valence electrons. The highest BCUT2D eigenvalue weighted by Crippen LogP contribution is 2.36. The van der Waals surface area contributed by atoms with Crippen LogP contribution in [-0.2, 0) is 0 Å². The molecular weight excluding hydrogens is 244 g/mol. The van der Waals surface area contributed by atoms with E-state index in [9.17, 15) is 10.1 Å². The molecule has 1 aliphatic carbocycles. The topological polar surface area (TPSA) is 94.1 Å². The molecule has 6 nitrogen and oxygen atoms in total. The van der Waals surface area contributed by atoms with E-state index in [0.29, 0.717) is 12.4 Å². The van der Waals surface area contributed by atoms with Gasteiger partial charge < -0.3 is 11.1 Å². The van der Waals surface area contributed by atoms with Crippen molar-refractivity contribution in [3.8, 4) is 0 Å². The molecular formula is C13H20N4O2. The maximum Gasteiger partial charge on any atom is 0.311 e. The smallest absolute Gasteiger partial charge is 0.311 e. The molecule has 1 fully saturated rings. The molecule has 19 heavy (non-hydrogen) atoms. The molecule has 0 aliphatic heterocycles. The summed E-state index contributed by atoms with van der Waals surface area (Å²) < 4.78 is 0. The van der Waals surface area contributed by atoms with Crippen molar-refractivity contribution in [1.29, 1.82) is 0 Å². The minimum absolute atomic E-state index is 0.0198. The first-order valence-corrected chi connectivity index (χ1v) is 6.65.